The molecule has 1 aliphatic rings. The van der Waals surface area contributed by atoms with Gasteiger partial charge in [0.25, 0.3) is 0 Å². The molecular weight excluding hydrogens is 593 g/mol. The van der Waals surface area contributed by atoms with Crippen LogP contribution < -0.4 is 0 Å². The van der Waals surface area contributed by atoms with Crippen LogP contribution in [0.25, 0.3) is 0 Å². The lowest BCUT2D eigenvalue weighted by atomic mass is 10.0. The Morgan fingerprint density at radius 1 is 0.475 bits per heavy atom. The summed E-state index contributed by atoms with van der Waals surface area (Å²) in [7, 11) is -4.22. The Kier molecular flexibility index (Phi) is 8.15. The third-order valence-corrected chi connectivity index (χ3v) is 9.90. The first-order valence-electron chi connectivity index (χ1n) is 11.7. The van der Waals surface area contributed by atoms with Crippen molar-refractivity contribution in [2.24, 2.45) is 0 Å². The third kappa shape index (κ3) is 5.71. The summed E-state index contributed by atoms with van der Waals surface area (Å²) in [5.41, 5.74) is 0. The van der Waals surface area contributed by atoms with Crippen molar-refractivity contribution in [3.05, 3.63) is 115 Å². The molecule has 0 bridgehead atoms. The Labute approximate surface area is 239 Å². The molecule has 0 radical (unpaired) electrons. The molecule has 8 nitrogen and oxygen atoms in total. The van der Waals surface area contributed by atoms with Gasteiger partial charge in [0, 0.05) is 22.3 Å². The van der Waals surface area contributed by atoms with E-state index in [2.05, 4.69) is 0 Å². The molecule has 5 rings (SSSR count). The fourth-order valence-electron chi connectivity index (χ4n) is 4.64. The Bertz CT molecular complexity index is 2180. The van der Waals surface area contributed by atoms with Crippen molar-refractivity contribution in [2.75, 3.05) is 26.7 Å². The number of rotatable bonds is 8. The molecule has 0 spiro atoms. The Morgan fingerprint density at radius 2 is 0.800 bits per heavy atom. The number of sulfone groups is 2. The van der Waals surface area contributed by atoms with Gasteiger partial charge in [-0.15, -0.1) is 0 Å². The Hall–Kier alpha value is -2.68. The second kappa shape index (κ2) is 11.3. The van der Waals surface area contributed by atoms with Crippen LogP contribution >= 0.6 is 24.1 Å². The standard InChI is InChI=1S/C28H24O8S4/c1-33-35-37-17-5-9-21-25-13-18(38-36-34-2)6-10-22(25)27-15-20(40(4,31)32)8-12-24(27)28-16-19(39(3,29)30)7-11-23(28)26(21)14-17/h5-16H,1-4H3/b25-21-,26-23-,27-22-,28-24-. The highest BCUT2D eigenvalue weighted by molar-refractivity contribution is 7.94. The molecule has 0 atom stereocenters. The summed E-state index contributed by atoms with van der Waals surface area (Å²) < 4.78 is 60.5. The van der Waals surface area contributed by atoms with Crippen LogP contribution in [-0.4, -0.2) is 43.6 Å². The van der Waals surface area contributed by atoms with Crippen LogP contribution in [0.1, 0.15) is 0 Å². The van der Waals surface area contributed by atoms with E-state index in [1.807, 2.05) is 36.4 Å². The first-order valence-corrected chi connectivity index (χ1v) is 17.0. The zero-order chi connectivity index (χ0) is 28.7. The minimum absolute atomic E-state index is 0.156. The summed E-state index contributed by atoms with van der Waals surface area (Å²) >= 11 is 2.10. The minimum Gasteiger partial charge on any atom is -0.227 e. The van der Waals surface area contributed by atoms with Gasteiger partial charge in [-0.2, -0.15) is 8.67 Å². The van der Waals surface area contributed by atoms with Gasteiger partial charge < -0.3 is 0 Å². The third-order valence-electron chi connectivity index (χ3n) is 6.38. The molecule has 0 N–H and O–H groups in total. The average molecular weight is 617 g/mol. The van der Waals surface area contributed by atoms with Crippen molar-refractivity contribution >= 4 is 43.8 Å². The molecule has 208 valence electrons. The summed E-state index contributed by atoms with van der Waals surface area (Å²) in [5.74, 6) is 0. The molecule has 4 aromatic carbocycles. The van der Waals surface area contributed by atoms with E-state index in [0.29, 0.717) is 15.7 Å². The maximum atomic E-state index is 12.6. The van der Waals surface area contributed by atoms with Crippen molar-refractivity contribution in [3.63, 3.8) is 0 Å². The van der Waals surface area contributed by atoms with Gasteiger partial charge in [0.05, 0.1) is 48.1 Å². The maximum absolute atomic E-state index is 12.6. The molecule has 0 fully saturated rings. The second-order valence-electron chi connectivity index (χ2n) is 9.01. The van der Waals surface area contributed by atoms with Crippen molar-refractivity contribution < 1.29 is 35.3 Å². The largest absolute Gasteiger partial charge is 0.227 e. The van der Waals surface area contributed by atoms with E-state index in [4.69, 9.17) is 18.4 Å². The van der Waals surface area contributed by atoms with Crippen LogP contribution in [0.3, 0.4) is 0 Å². The molecule has 1 aliphatic carbocycles. The molecule has 0 heterocycles. The second-order valence-corrected chi connectivity index (χ2v) is 14.6. The quantitative estimate of drug-likeness (QED) is 0.132. The fraction of sp³-hybridized carbons (Fsp3) is 0.143. The van der Waals surface area contributed by atoms with Crippen LogP contribution in [0.4, 0.5) is 0 Å². The van der Waals surface area contributed by atoms with E-state index in [0.717, 1.165) is 72.5 Å². The predicted octanol–water partition coefficient (Wildman–Crippen LogP) is 5.13. The van der Waals surface area contributed by atoms with Gasteiger partial charge in [0.2, 0.25) is 0 Å². The van der Waals surface area contributed by atoms with Gasteiger partial charge in [0.15, 0.2) is 19.7 Å². The molecule has 0 aromatic heterocycles. The monoisotopic (exact) mass is 616 g/mol. The fourth-order valence-corrected chi connectivity index (χ4v) is 6.80. The average Bonchev–Trinajstić information content (AvgIpc) is 2.92. The lowest BCUT2D eigenvalue weighted by Crippen LogP contribution is -2.00. The summed E-state index contributed by atoms with van der Waals surface area (Å²) in [5, 5.41) is 6.05. The van der Waals surface area contributed by atoms with Gasteiger partial charge >= 0.3 is 0 Å². The van der Waals surface area contributed by atoms with Crippen LogP contribution in [0.2, 0.25) is 0 Å². The van der Waals surface area contributed by atoms with Gasteiger partial charge in [-0.05, 0) is 90.3 Å². The smallest absolute Gasteiger partial charge is 0.175 e. The van der Waals surface area contributed by atoms with Crippen molar-refractivity contribution in [1.29, 1.82) is 0 Å². The Balaban J connectivity index is 2.18. The van der Waals surface area contributed by atoms with Gasteiger partial charge in [0.1, 0.15) is 0 Å². The lowest BCUT2D eigenvalue weighted by molar-refractivity contribution is -0.160. The van der Waals surface area contributed by atoms with Crippen molar-refractivity contribution in [2.45, 2.75) is 19.6 Å². The normalized spacial score (nSPS) is 16.1. The highest BCUT2D eigenvalue weighted by atomic mass is 32.2. The molecule has 0 amide bonds. The summed E-state index contributed by atoms with van der Waals surface area (Å²) in [6, 6.07) is 21.4. The van der Waals surface area contributed by atoms with Crippen LogP contribution in [0.15, 0.2) is 92.4 Å². The molecule has 0 aliphatic heterocycles. The highest BCUT2D eigenvalue weighted by Crippen LogP contribution is 2.25. The minimum atomic E-state index is -3.53. The van der Waals surface area contributed by atoms with Gasteiger partial charge in [-0.1, -0.05) is 24.3 Å². The van der Waals surface area contributed by atoms with Crippen molar-refractivity contribution in [1.82, 2.24) is 0 Å². The van der Waals surface area contributed by atoms with E-state index in [1.165, 1.54) is 14.2 Å². The molecule has 0 saturated carbocycles. The summed E-state index contributed by atoms with van der Waals surface area (Å²) in [4.78, 5) is 11.4. The van der Waals surface area contributed by atoms with Crippen LogP contribution in [-0.2, 0) is 38.1 Å². The Morgan fingerprint density at radius 3 is 1.12 bits per heavy atom. The topological polar surface area (TPSA) is 105 Å². The molecule has 40 heavy (non-hydrogen) atoms. The predicted molar refractivity (Wildman–Crippen MR) is 151 cm³/mol. The number of hydrogen-bond acceptors (Lipinski definition) is 10. The number of benzene rings is 4. The van der Waals surface area contributed by atoms with Crippen LogP contribution in [0.5, 0.6) is 0 Å². The van der Waals surface area contributed by atoms with Gasteiger partial charge in [-0.3, -0.25) is 0 Å². The lowest BCUT2D eigenvalue weighted by Gasteiger charge is -2.08. The van der Waals surface area contributed by atoms with Crippen molar-refractivity contribution in [3.8, 4) is 0 Å². The van der Waals surface area contributed by atoms with Gasteiger partial charge in [-0.25, -0.2) is 26.6 Å². The van der Waals surface area contributed by atoms with E-state index >= 15 is 0 Å². The molecule has 12 heteroatoms. The summed E-state index contributed by atoms with van der Waals surface area (Å²) in [6.45, 7) is 0. The zero-order valence-electron chi connectivity index (χ0n) is 21.8. The highest BCUT2D eigenvalue weighted by Gasteiger charge is 2.12. The number of fused-ring (bicyclic) bond motifs is 4. The first kappa shape index (κ1) is 28.8. The van der Waals surface area contributed by atoms with E-state index in [-0.39, 0.29) is 9.79 Å². The number of hydrogen-bond donors (Lipinski definition) is 0. The SMILES string of the molecule is COOSc1ccc2/c(c1)=c1/ccc(S(C)(=O)=O)c/c1=c1\ccc(S(C)(=O)=O)c\c1=c1/ccc(SOOC)c/c1=2. The molecular formula is C28H24O8S4. The van der Waals surface area contributed by atoms with Crippen LogP contribution in [0, 0.1) is 41.7 Å². The molecule has 0 unspecified atom stereocenters. The van der Waals surface area contributed by atoms with E-state index < -0.39 is 19.7 Å². The molecule has 4 aromatic rings. The first-order chi connectivity index (χ1) is 19.0. The maximum Gasteiger partial charge on any atom is 0.175 e. The van der Waals surface area contributed by atoms with E-state index in [9.17, 15) is 16.8 Å². The zero-order valence-corrected chi connectivity index (χ0v) is 25.1. The molecule has 0 saturated heterocycles. The summed E-state index contributed by atoms with van der Waals surface area (Å²) in [6.07, 6.45) is 2.32. The van der Waals surface area contributed by atoms with E-state index in [1.54, 1.807) is 36.4 Å².